The molecule has 0 N–H and O–H groups in total. The Morgan fingerprint density at radius 2 is 1.90 bits per heavy atom. The van der Waals surface area contributed by atoms with Crippen LogP contribution in [0.3, 0.4) is 0 Å². The van der Waals surface area contributed by atoms with E-state index < -0.39 is 5.97 Å². The second-order valence-electron chi connectivity index (χ2n) is 4.91. The number of aromatic nitrogens is 1. The Bertz CT molecular complexity index is 683. The smallest absolute Gasteiger partial charge is 0.161 e. The molecule has 0 radical (unpaired) electrons. The van der Waals surface area contributed by atoms with Crippen molar-refractivity contribution in [1.82, 2.24) is 4.57 Å². The van der Waals surface area contributed by atoms with Crippen LogP contribution in [0.2, 0.25) is 0 Å². The fourth-order valence-electron chi connectivity index (χ4n) is 2.38. The molecule has 4 nitrogen and oxygen atoms in total. The average Bonchev–Trinajstić information content (AvgIpc) is 2.67. The maximum atomic E-state index is 11.5. The number of hydrogen-bond donors (Lipinski definition) is 0. The number of benzene rings is 1. The van der Waals surface area contributed by atoms with Crippen LogP contribution in [0.15, 0.2) is 30.3 Å². The van der Waals surface area contributed by atoms with E-state index in [2.05, 4.69) is 0 Å². The van der Waals surface area contributed by atoms with E-state index in [1.54, 1.807) is 19.1 Å². The van der Waals surface area contributed by atoms with Gasteiger partial charge in [-0.1, -0.05) is 18.2 Å². The minimum Gasteiger partial charge on any atom is -0.545 e. The van der Waals surface area contributed by atoms with Gasteiger partial charge in [0.25, 0.3) is 0 Å². The summed E-state index contributed by atoms with van der Waals surface area (Å²) in [5.41, 5.74) is 3.61. The lowest BCUT2D eigenvalue weighted by atomic mass is 10.1. The van der Waals surface area contributed by atoms with Crippen molar-refractivity contribution in [3.05, 3.63) is 58.4 Å². The Hall–Kier alpha value is -2.36. The standard InChI is InChI=1S/C16H17NO3/c1-10-7-15(12(3)18)11(2)17(10)9-13-5-4-6-14(8-13)16(19)20/h4-8H,9H2,1-3H3,(H,19,20)/p-1. The SMILES string of the molecule is CC(=O)c1cc(C)n(Cc2cccc(C(=O)[O-])c2)c1C. The average molecular weight is 270 g/mol. The highest BCUT2D eigenvalue weighted by molar-refractivity contribution is 5.95. The Morgan fingerprint density at radius 1 is 1.20 bits per heavy atom. The first kappa shape index (κ1) is 14.1. The van der Waals surface area contributed by atoms with Crippen molar-refractivity contribution < 1.29 is 14.7 Å². The Balaban J connectivity index is 2.37. The lowest BCUT2D eigenvalue weighted by Crippen LogP contribution is -2.22. The molecule has 0 aliphatic rings. The van der Waals surface area contributed by atoms with Gasteiger partial charge in [-0.05, 0) is 44.0 Å². The van der Waals surface area contributed by atoms with Crippen LogP contribution in [-0.2, 0) is 6.54 Å². The normalized spacial score (nSPS) is 10.6. The maximum Gasteiger partial charge on any atom is 0.161 e. The van der Waals surface area contributed by atoms with Gasteiger partial charge in [-0.3, -0.25) is 4.79 Å². The molecule has 0 atom stereocenters. The molecule has 0 spiro atoms. The van der Waals surface area contributed by atoms with Crippen molar-refractivity contribution in [1.29, 1.82) is 0 Å². The molecule has 0 unspecified atom stereocenters. The zero-order valence-electron chi connectivity index (χ0n) is 11.8. The van der Waals surface area contributed by atoms with Gasteiger partial charge in [0, 0.05) is 23.5 Å². The van der Waals surface area contributed by atoms with Gasteiger partial charge < -0.3 is 14.5 Å². The summed E-state index contributed by atoms with van der Waals surface area (Å²) in [4.78, 5) is 22.4. The minimum absolute atomic E-state index is 0.0350. The van der Waals surface area contributed by atoms with Gasteiger partial charge in [-0.2, -0.15) is 0 Å². The molecule has 0 fully saturated rings. The number of aryl methyl sites for hydroxylation is 1. The molecule has 0 bridgehead atoms. The van der Waals surface area contributed by atoms with Crippen LogP contribution in [0.25, 0.3) is 0 Å². The first-order valence-corrected chi connectivity index (χ1v) is 6.38. The number of aromatic carboxylic acids is 1. The van der Waals surface area contributed by atoms with E-state index in [9.17, 15) is 14.7 Å². The predicted molar refractivity (Wildman–Crippen MR) is 73.8 cm³/mol. The topological polar surface area (TPSA) is 62.1 Å². The van der Waals surface area contributed by atoms with Gasteiger partial charge in [-0.15, -0.1) is 0 Å². The summed E-state index contributed by atoms with van der Waals surface area (Å²) in [6, 6.07) is 8.52. The summed E-state index contributed by atoms with van der Waals surface area (Å²) in [6.07, 6.45) is 0. The van der Waals surface area contributed by atoms with Crippen molar-refractivity contribution in [3.63, 3.8) is 0 Å². The molecule has 0 saturated heterocycles. The van der Waals surface area contributed by atoms with Crippen LogP contribution in [0, 0.1) is 13.8 Å². The van der Waals surface area contributed by atoms with E-state index in [0.29, 0.717) is 12.1 Å². The summed E-state index contributed by atoms with van der Waals surface area (Å²) in [7, 11) is 0. The van der Waals surface area contributed by atoms with Gasteiger partial charge in [0.05, 0.1) is 5.97 Å². The van der Waals surface area contributed by atoms with Gasteiger partial charge >= 0.3 is 0 Å². The second kappa shape index (κ2) is 5.33. The molecule has 2 aromatic rings. The van der Waals surface area contributed by atoms with Crippen LogP contribution < -0.4 is 5.11 Å². The molecule has 20 heavy (non-hydrogen) atoms. The van der Waals surface area contributed by atoms with E-state index >= 15 is 0 Å². The Morgan fingerprint density at radius 3 is 2.45 bits per heavy atom. The molecule has 0 aliphatic heterocycles. The molecule has 4 heteroatoms. The number of Topliss-reactive ketones (excluding diaryl/α,β-unsaturated/α-hetero) is 1. The maximum absolute atomic E-state index is 11.5. The van der Waals surface area contributed by atoms with Gasteiger partial charge in [-0.25, -0.2) is 0 Å². The third-order valence-electron chi connectivity index (χ3n) is 3.46. The van der Waals surface area contributed by atoms with Gasteiger partial charge in [0.2, 0.25) is 0 Å². The fourth-order valence-corrected chi connectivity index (χ4v) is 2.38. The summed E-state index contributed by atoms with van der Waals surface area (Å²) in [5, 5.41) is 10.9. The summed E-state index contributed by atoms with van der Waals surface area (Å²) in [6.45, 7) is 5.91. The monoisotopic (exact) mass is 270 g/mol. The quantitative estimate of drug-likeness (QED) is 0.795. The first-order chi connectivity index (χ1) is 9.40. The highest BCUT2D eigenvalue weighted by atomic mass is 16.4. The van der Waals surface area contributed by atoms with Crippen LogP contribution in [-0.4, -0.2) is 16.3 Å². The molecule has 2 rings (SSSR count). The molecule has 104 valence electrons. The predicted octanol–water partition coefficient (Wildman–Crippen LogP) is 1.72. The van der Waals surface area contributed by atoms with E-state index in [0.717, 1.165) is 17.0 Å². The molecule has 0 aliphatic carbocycles. The van der Waals surface area contributed by atoms with E-state index in [1.807, 2.05) is 30.5 Å². The Labute approximate surface area is 117 Å². The number of nitrogens with zero attached hydrogens (tertiary/aromatic N) is 1. The number of carboxylic acids is 1. The molecular formula is C16H16NO3-. The van der Waals surface area contributed by atoms with Crippen molar-refractivity contribution in [2.45, 2.75) is 27.3 Å². The third-order valence-corrected chi connectivity index (χ3v) is 3.46. The number of carbonyl (C=O) groups excluding carboxylic acids is 2. The largest absolute Gasteiger partial charge is 0.545 e. The zero-order valence-corrected chi connectivity index (χ0v) is 11.8. The number of ketones is 1. The van der Waals surface area contributed by atoms with Crippen molar-refractivity contribution in [2.24, 2.45) is 0 Å². The van der Waals surface area contributed by atoms with Crippen LogP contribution >= 0.6 is 0 Å². The number of hydrogen-bond acceptors (Lipinski definition) is 3. The Kier molecular flexibility index (Phi) is 3.74. The van der Waals surface area contributed by atoms with E-state index in [1.165, 1.54) is 6.07 Å². The fraction of sp³-hybridized carbons (Fsp3) is 0.250. The minimum atomic E-state index is -1.18. The summed E-state index contributed by atoms with van der Waals surface area (Å²) < 4.78 is 2.01. The molecule has 1 aromatic carbocycles. The highest BCUT2D eigenvalue weighted by Crippen LogP contribution is 2.18. The van der Waals surface area contributed by atoms with Gasteiger partial charge in [0.1, 0.15) is 0 Å². The lowest BCUT2D eigenvalue weighted by Gasteiger charge is -2.11. The van der Waals surface area contributed by atoms with Gasteiger partial charge in [0.15, 0.2) is 5.78 Å². The third kappa shape index (κ3) is 2.64. The first-order valence-electron chi connectivity index (χ1n) is 6.38. The lowest BCUT2D eigenvalue weighted by molar-refractivity contribution is -0.255. The van der Waals surface area contributed by atoms with Crippen molar-refractivity contribution >= 4 is 11.8 Å². The van der Waals surface area contributed by atoms with Crippen molar-refractivity contribution in [3.8, 4) is 0 Å². The van der Waals surface area contributed by atoms with Crippen molar-refractivity contribution in [2.75, 3.05) is 0 Å². The summed E-state index contributed by atoms with van der Waals surface area (Å²) in [5.74, 6) is -1.15. The number of carbonyl (C=O) groups is 2. The van der Waals surface area contributed by atoms with E-state index in [4.69, 9.17) is 0 Å². The second-order valence-corrected chi connectivity index (χ2v) is 4.91. The van der Waals surface area contributed by atoms with E-state index in [-0.39, 0.29) is 11.3 Å². The van der Waals surface area contributed by atoms with Crippen LogP contribution in [0.1, 0.15) is 44.6 Å². The zero-order chi connectivity index (χ0) is 14.9. The summed E-state index contributed by atoms with van der Waals surface area (Å²) >= 11 is 0. The molecular weight excluding hydrogens is 254 g/mol. The molecule has 0 amide bonds. The molecule has 1 heterocycles. The number of carboxylic acid groups (broad SMARTS) is 1. The van der Waals surface area contributed by atoms with Crippen LogP contribution in [0.5, 0.6) is 0 Å². The highest BCUT2D eigenvalue weighted by Gasteiger charge is 2.12. The number of rotatable bonds is 4. The molecule has 1 aromatic heterocycles. The molecule has 0 saturated carbocycles. The van der Waals surface area contributed by atoms with Crippen LogP contribution in [0.4, 0.5) is 0 Å².